The number of aliphatic hydroxyl groups excluding tert-OH is 2. The third-order valence-corrected chi connectivity index (χ3v) is 4.71. The van der Waals surface area contributed by atoms with Gasteiger partial charge in [-0.1, -0.05) is 23.7 Å². The smallest absolute Gasteiger partial charge is 0.167 e. The zero-order chi connectivity index (χ0) is 19.0. The van der Waals surface area contributed by atoms with Gasteiger partial charge in [-0.25, -0.2) is 15.0 Å². The molecule has 0 bridgehead atoms. The van der Waals surface area contributed by atoms with E-state index < -0.39 is 24.5 Å². The molecule has 3 heterocycles. The minimum atomic E-state index is -1.16. The first kappa shape index (κ1) is 18.1. The summed E-state index contributed by atoms with van der Waals surface area (Å²) < 4.78 is 13.0. The molecule has 2 aromatic heterocycles. The van der Waals surface area contributed by atoms with Crippen molar-refractivity contribution in [2.75, 3.05) is 12.3 Å². The number of hydrogen-bond acceptors (Lipinski definition) is 8. The maximum atomic E-state index is 10.4. The molecule has 1 aliphatic heterocycles. The zero-order valence-corrected chi connectivity index (χ0v) is 14.9. The summed E-state index contributed by atoms with van der Waals surface area (Å²) in [4.78, 5) is 12.2. The number of hydrogen-bond donors (Lipinski definition) is 3. The van der Waals surface area contributed by atoms with Crippen molar-refractivity contribution in [1.82, 2.24) is 19.5 Å². The number of imidazole rings is 1. The Morgan fingerprint density at radius 1 is 1.15 bits per heavy atom. The maximum absolute atomic E-state index is 10.4. The van der Waals surface area contributed by atoms with E-state index in [1.807, 2.05) is 12.1 Å². The average Bonchev–Trinajstić information content (AvgIpc) is 3.21. The van der Waals surface area contributed by atoms with E-state index in [0.717, 1.165) is 5.56 Å². The highest BCUT2D eigenvalue weighted by molar-refractivity contribution is 6.30. The predicted molar refractivity (Wildman–Crippen MR) is 96.8 cm³/mol. The van der Waals surface area contributed by atoms with Crippen LogP contribution in [0.1, 0.15) is 11.8 Å². The SMILES string of the molecule is Nc1ncnc2c1ncn2[C@@H]1O[C@H](COCc2ccc(Cl)cc2)[C@@H](O)[C@H]1O. The van der Waals surface area contributed by atoms with Gasteiger partial charge < -0.3 is 25.4 Å². The van der Waals surface area contributed by atoms with Crippen molar-refractivity contribution in [2.24, 2.45) is 0 Å². The fraction of sp³-hybridized carbons (Fsp3) is 0.353. The summed E-state index contributed by atoms with van der Waals surface area (Å²) in [5.74, 6) is 0.231. The number of benzene rings is 1. The van der Waals surface area contributed by atoms with Crippen LogP contribution in [0.15, 0.2) is 36.9 Å². The third kappa shape index (κ3) is 3.47. The first-order valence-electron chi connectivity index (χ1n) is 8.31. The lowest BCUT2D eigenvalue weighted by Gasteiger charge is -2.16. The van der Waals surface area contributed by atoms with E-state index in [1.54, 1.807) is 12.1 Å². The van der Waals surface area contributed by atoms with Crippen LogP contribution in [0, 0.1) is 0 Å². The van der Waals surface area contributed by atoms with Gasteiger partial charge in [0, 0.05) is 5.02 Å². The molecule has 1 saturated heterocycles. The number of nitrogens with two attached hydrogens (primary N) is 1. The fourth-order valence-corrected chi connectivity index (χ4v) is 3.15. The third-order valence-electron chi connectivity index (χ3n) is 4.46. The number of ether oxygens (including phenoxy) is 2. The van der Waals surface area contributed by atoms with E-state index in [-0.39, 0.29) is 12.4 Å². The second-order valence-electron chi connectivity index (χ2n) is 6.27. The first-order valence-corrected chi connectivity index (χ1v) is 8.69. The van der Waals surface area contributed by atoms with Crippen molar-refractivity contribution in [1.29, 1.82) is 0 Å². The molecule has 0 unspecified atom stereocenters. The van der Waals surface area contributed by atoms with Gasteiger partial charge in [-0.3, -0.25) is 4.57 Å². The molecule has 1 aliphatic rings. The van der Waals surface area contributed by atoms with Gasteiger partial charge in [0.2, 0.25) is 0 Å². The number of nitrogens with zero attached hydrogens (tertiary/aromatic N) is 4. The van der Waals surface area contributed by atoms with E-state index >= 15 is 0 Å². The minimum Gasteiger partial charge on any atom is -0.387 e. The summed E-state index contributed by atoms with van der Waals surface area (Å²) in [6.07, 6.45) is -1.08. The molecule has 10 heteroatoms. The summed E-state index contributed by atoms with van der Waals surface area (Å²) >= 11 is 5.85. The number of aliphatic hydroxyl groups is 2. The van der Waals surface area contributed by atoms with E-state index in [2.05, 4.69) is 15.0 Å². The first-order chi connectivity index (χ1) is 13.0. The van der Waals surface area contributed by atoms with Crippen LogP contribution >= 0.6 is 11.6 Å². The Hall–Kier alpha value is -2.30. The lowest BCUT2D eigenvalue weighted by molar-refractivity contribution is -0.0682. The molecule has 4 rings (SSSR count). The Balaban J connectivity index is 1.44. The molecule has 0 radical (unpaired) electrons. The number of rotatable bonds is 5. The molecule has 1 aromatic carbocycles. The quantitative estimate of drug-likeness (QED) is 0.585. The highest BCUT2D eigenvalue weighted by Gasteiger charge is 2.44. The summed E-state index contributed by atoms with van der Waals surface area (Å²) in [5, 5.41) is 21.4. The largest absolute Gasteiger partial charge is 0.387 e. The van der Waals surface area contributed by atoms with Gasteiger partial charge in [0.1, 0.15) is 30.2 Å². The summed E-state index contributed by atoms with van der Waals surface area (Å²) in [7, 11) is 0. The van der Waals surface area contributed by atoms with Crippen LogP contribution in [0.25, 0.3) is 11.2 Å². The average molecular weight is 392 g/mol. The highest BCUT2D eigenvalue weighted by atomic mass is 35.5. The molecule has 0 saturated carbocycles. The lowest BCUT2D eigenvalue weighted by Crippen LogP contribution is -2.33. The van der Waals surface area contributed by atoms with E-state index in [9.17, 15) is 10.2 Å². The van der Waals surface area contributed by atoms with E-state index in [4.69, 9.17) is 26.8 Å². The van der Waals surface area contributed by atoms with Gasteiger partial charge in [0.15, 0.2) is 17.7 Å². The van der Waals surface area contributed by atoms with Crippen LogP contribution in [0.4, 0.5) is 5.82 Å². The number of fused-ring (bicyclic) bond motifs is 1. The second-order valence-corrected chi connectivity index (χ2v) is 6.71. The van der Waals surface area contributed by atoms with Gasteiger partial charge in [-0.2, -0.15) is 0 Å². The molecule has 0 amide bonds. The lowest BCUT2D eigenvalue weighted by atomic mass is 10.1. The molecule has 4 atom stereocenters. The van der Waals surface area contributed by atoms with Gasteiger partial charge in [-0.15, -0.1) is 0 Å². The van der Waals surface area contributed by atoms with Crippen molar-refractivity contribution in [3.63, 3.8) is 0 Å². The van der Waals surface area contributed by atoms with Crippen molar-refractivity contribution < 1.29 is 19.7 Å². The standard InChI is InChI=1S/C17H18ClN5O4/c18-10-3-1-9(2-4-10)5-26-6-11-13(24)14(25)17(27-11)23-8-22-12-15(19)20-7-21-16(12)23/h1-4,7-8,11,13-14,17,24-25H,5-6H2,(H2,19,20,21)/t11-,13-,14-,17-/m1/s1. The molecular formula is C17H18ClN5O4. The molecule has 0 aliphatic carbocycles. The number of aromatic nitrogens is 4. The summed E-state index contributed by atoms with van der Waals surface area (Å²) in [6.45, 7) is 0.448. The summed E-state index contributed by atoms with van der Waals surface area (Å²) in [6, 6.07) is 7.26. The van der Waals surface area contributed by atoms with Crippen molar-refractivity contribution in [2.45, 2.75) is 31.1 Å². The zero-order valence-electron chi connectivity index (χ0n) is 14.1. The molecule has 0 spiro atoms. The van der Waals surface area contributed by atoms with Gasteiger partial charge in [-0.05, 0) is 17.7 Å². The molecule has 9 nitrogen and oxygen atoms in total. The minimum absolute atomic E-state index is 0.112. The van der Waals surface area contributed by atoms with Crippen LogP contribution < -0.4 is 5.73 Å². The topological polar surface area (TPSA) is 129 Å². The number of anilines is 1. The van der Waals surface area contributed by atoms with Crippen LogP contribution in [0.5, 0.6) is 0 Å². The monoisotopic (exact) mass is 391 g/mol. The Morgan fingerprint density at radius 2 is 1.93 bits per heavy atom. The Labute approximate surface area is 159 Å². The second kappa shape index (κ2) is 7.37. The van der Waals surface area contributed by atoms with Crippen molar-refractivity contribution >= 4 is 28.6 Å². The normalized spacial score (nSPS) is 25.3. The number of halogens is 1. The van der Waals surface area contributed by atoms with Crippen LogP contribution in [0.3, 0.4) is 0 Å². The maximum Gasteiger partial charge on any atom is 0.167 e. The molecule has 1 fully saturated rings. The van der Waals surface area contributed by atoms with Crippen molar-refractivity contribution in [3.05, 3.63) is 47.5 Å². The van der Waals surface area contributed by atoms with Crippen LogP contribution in [-0.2, 0) is 16.1 Å². The number of nitrogen functional groups attached to an aromatic ring is 1. The Bertz CT molecular complexity index is 935. The molecule has 27 heavy (non-hydrogen) atoms. The molecule has 4 N–H and O–H groups in total. The van der Waals surface area contributed by atoms with Crippen LogP contribution in [-0.4, -0.2) is 54.7 Å². The van der Waals surface area contributed by atoms with Crippen molar-refractivity contribution in [3.8, 4) is 0 Å². The Morgan fingerprint density at radius 3 is 2.70 bits per heavy atom. The van der Waals surface area contributed by atoms with Crippen LogP contribution in [0.2, 0.25) is 5.02 Å². The summed E-state index contributed by atoms with van der Waals surface area (Å²) in [5.41, 5.74) is 7.55. The fourth-order valence-electron chi connectivity index (χ4n) is 3.03. The van der Waals surface area contributed by atoms with Gasteiger partial charge in [0.05, 0.1) is 19.5 Å². The van der Waals surface area contributed by atoms with E-state index in [1.165, 1.54) is 17.2 Å². The van der Waals surface area contributed by atoms with Gasteiger partial charge in [0.25, 0.3) is 0 Å². The molecule has 142 valence electrons. The molecular weight excluding hydrogens is 374 g/mol. The Kier molecular flexibility index (Phi) is 4.94. The highest BCUT2D eigenvalue weighted by Crippen LogP contribution is 2.32. The molecule has 3 aromatic rings. The van der Waals surface area contributed by atoms with Gasteiger partial charge >= 0.3 is 0 Å². The predicted octanol–water partition coefficient (Wildman–Crippen LogP) is 0.898. The van der Waals surface area contributed by atoms with E-state index in [0.29, 0.717) is 22.8 Å².